The Bertz CT molecular complexity index is 665. The Hall–Kier alpha value is -1.87. The molecule has 0 saturated carbocycles. The zero-order chi connectivity index (χ0) is 16.5. The Labute approximate surface area is 133 Å². The molecule has 1 heterocycles. The van der Waals surface area contributed by atoms with E-state index in [2.05, 4.69) is 18.0 Å². The Morgan fingerprint density at radius 1 is 1.18 bits per heavy atom. The summed E-state index contributed by atoms with van der Waals surface area (Å²) in [6.07, 6.45) is 3.45. The molecule has 1 aromatic carbocycles. The Morgan fingerprint density at radius 3 is 2.36 bits per heavy atom. The standard InChI is InChI=1S/C19H25NO2/c1-12(2)19(21,16-8-7-9-20-11-16)17-14(4)10-13(3)15(5)18(17)22-6/h7-12,21H,1-6H3. The van der Waals surface area contributed by atoms with Gasteiger partial charge in [0, 0.05) is 23.5 Å². The van der Waals surface area contributed by atoms with Crippen LogP contribution in [0.15, 0.2) is 30.6 Å². The molecular formula is C19H25NO2. The van der Waals surface area contributed by atoms with Crippen LogP contribution in [0.4, 0.5) is 0 Å². The zero-order valence-electron chi connectivity index (χ0n) is 14.3. The number of rotatable bonds is 4. The second-order valence-corrected chi connectivity index (χ2v) is 6.21. The van der Waals surface area contributed by atoms with Crippen molar-refractivity contribution < 1.29 is 9.84 Å². The molecule has 0 aliphatic rings. The maximum absolute atomic E-state index is 11.6. The van der Waals surface area contributed by atoms with Gasteiger partial charge in [-0.2, -0.15) is 0 Å². The first-order valence-electron chi connectivity index (χ1n) is 7.62. The minimum atomic E-state index is -1.14. The van der Waals surface area contributed by atoms with Gasteiger partial charge < -0.3 is 9.84 Å². The lowest BCUT2D eigenvalue weighted by Gasteiger charge is -2.36. The zero-order valence-corrected chi connectivity index (χ0v) is 14.3. The van der Waals surface area contributed by atoms with Gasteiger partial charge in [-0.05, 0) is 49.4 Å². The SMILES string of the molecule is COc1c(C)c(C)cc(C)c1C(O)(c1cccnc1)C(C)C. The molecule has 0 saturated heterocycles. The second kappa shape index (κ2) is 6.09. The molecule has 1 atom stereocenters. The van der Waals surface area contributed by atoms with Crippen molar-refractivity contribution in [3.8, 4) is 5.75 Å². The van der Waals surface area contributed by atoms with Gasteiger partial charge in [-0.15, -0.1) is 0 Å². The van der Waals surface area contributed by atoms with Crippen molar-refractivity contribution in [2.45, 2.75) is 40.2 Å². The highest BCUT2D eigenvalue weighted by Gasteiger charge is 2.39. The fraction of sp³-hybridized carbons (Fsp3) is 0.421. The molecule has 0 bridgehead atoms. The third-order valence-electron chi connectivity index (χ3n) is 4.51. The molecule has 1 aromatic heterocycles. The van der Waals surface area contributed by atoms with Gasteiger partial charge in [-0.3, -0.25) is 4.98 Å². The number of aryl methyl sites for hydroxylation is 2. The quantitative estimate of drug-likeness (QED) is 0.931. The van der Waals surface area contributed by atoms with E-state index < -0.39 is 5.60 Å². The maximum atomic E-state index is 11.6. The minimum Gasteiger partial charge on any atom is -0.496 e. The van der Waals surface area contributed by atoms with Crippen molar-refractivity contribution in [2.24, 2.45) is 5.92 Å². The summed E-state index contributed by atoms with van der Waals surface area (Å²) >= 11 is 0. The van der Waals surface area contributed by atoms with Crippen LogP contribution in [0.1, 0.15) is 41.7 Å². The lowest BCUT2D eigenvalue weighted by molar-refractivity contribution is 0.0284. The summed E-state index contributed by atoms with van der Waals surface area (Å²) in [5.74, 6) is 0.740. The first-order chi connectivity index (χ1) is 10.3. The first-order valence-corrected chi connectivity index (χ1v) is 7.62. The minimum absolute atomic E-state index is 0.0218. The topological polar surface area (TPSA) is 42.4 Å². The van der Waals surface area contributed by atoms with E-state index in [0.717, 1.165) is 33.6 Å². The highest BCUT2D eigenvalue weighted by molar-refractivity contribution is 5.55. The molecule has 0 aliphatic heterocycles. The van der Waals surface area contributed by atoms with Crippen molar-refractivity contribution in [3.63, 3.8) is 0 Å². The van der Waals surface area contributed by atoms with E-state index in [0.29, 0.717) is 0 Å². The van der Waals surface area contributed by atoms with E-state index in [1.807, 2.05) is 39.8 Å². The van der Waals surface area contributed by atoms with Gasteiger partial charge in [0.1, 0.15) is 11.4 Å². The fourth-order valence-corrected chi connectivity index (χ4v) is 3.13. The van der Waals surface area contributed by atoms with Crippen LogP contribution < -0.4 is 4.74 Å². The third kappa shape index (κ3) is 2.50. The number of pyridine rings is 1. The van der Waals surface area contributed by atoms with Gasteiger partial charge in [-0.25, -0.2) is 0 Å². The van der Waals surface area contributed by atoms with Crippen molar-refractivity contribution in [3.05, 3.63) is 58.4 Å². The summed E-state index contributed by atoms with van der Waals surface area (Å²) in [5.41, 5.74) is 3.74. The number of nitrogens with zero attached hydrogens (tertiary/aromatic N) is 1. The van der Waals surface area contributed by atoms with Gasteiger partial charge >= 0.3 is 0 Å². The summed E-state index contributed by atoms with van der Waals surface area (Å²) in [6.45, 7) is 10.1. The van der Waals surface area contributed by atoms with E-state index >= 15 is 0 Å². The van der Waals surface area contributed by atoms with Gasteiger partial charge in [0.15, 0.2) is 0 Å². The summed E-state index contributed by atoms with van der Waals surface area (Å²) in [7, 11) is 1.66. The van der Waals surface area contributed by atoms with E-state index in [4.69, 9.17) is 4.74 Å². The smallest absolute Gasteiger partial charge is 0.128 e. The molecule has 118 valence electrons. The molecule has 0 spiro atoms. The van der Waals surface area contributed by atoms with Crippen LogP contribution in [0.5, 0.6) is 5.75 Å². The van der Waals surface area contributed by atoms with Crippen molar-refractivity contribution in [1.82, 2.24) is 4.98 Å². The van der Waals surface area contributed by atoms with E-state index in [-0.39, 0.29) is 5.92 Å². The number of aliphatic hydroxyl groups is 1. The molecule has 0 amide bonds. The average molecular weight is 299 g/mol. The predicted octanol–water partition coefficient (Wildman–Crippen LogP) is 3.91. The largest absolute Gasteiger partial charge is 0.496 e. The molecular weight excluding hydrogens is 274 g/mol. The van der Waals surface area contributed by atoms with Gasteiger partial charge in [0.2, 0.25) is 0 Å². The fourth-order valence-electron chi connectivity index (χ4n) is 3.13. The van der Waals surface area contributed by atoms with E-state index in [1.165, 1.54) is 0 Å². The Kier molecular flexibility index (Phi) is 4.57. The van der Waals surface area contributed by atoms with Crippen LogP contribution in [0.3, 0.4) is 0 Å². The molecule has 0 radical (unpaired) electrons. The molecule has 3 heteroatoms. The number of benzene rings is 1. The molecule has 2 aromatic rings. The molecule has 0 fully saturated rings. The summed E-state index contributed by atoms with van der Waals surface area (Å²) in [5, 5.41) is 11.6. The average Bonchev–Trinajstić information content (AvgIpc) is 2.50. The maximum Gasteiger partial charge on any atom is 0.128 e. The number of aromatic nitrogens is 1. The van der Waals surface area contributed by atoms with E-state index in [9.17, 15) is 5.11 Å². The molecule has 1 unspecified atom stereocenters. The molecule has 3 nitrogen and oxygen atoms in total. The Morgan fingerprint density at radius 2 is 1.86 bits per heavy atom. The van der Waals surface area contributed by atoms with Crippen LogP contribution in [0.25, 0.3) is 0 Å². The van der Waals surface area contributed by atoms with Crippen LogP contribution in [0.2, 0.25) is 0 Å². The Balaban J connectivity index is 2.83. The van der Waals surface area contributed by atoms with Crippen molar-refractivity contribution in [2.75, 3.05) is 7.11 Å². The van der Waals surface area contributed by atoms with Crippen LogP contribution >= 0.6 is 0 Å². The van der Waals surface area contributed by atoms with Crippen LogP contribution in [0, 0.1) is 26.7 Å². The van der Waals surface area contributed by atoms with Crippen LogP contribution in [-0.2, 0) is 5.60 Å². The molecule has 1 N–H and O–H groups in total. The summed E-state index contributed by atoms with van der Waals surface area (Å²) in [4.78, 5) is 4.18. The molecule has 22 heavy (non-hydrogen) atoms. The number of ether oxygens (including phenoxy) is 1. The molecule has 0 aliphatic carbocycles. The summed E-state index contributed by atoms with van der Waals surface area (Å²) in [6, 6.07) is 5.88. The second-order valence-electron chi connectivity index (χ2n) is 6.21. The monoisotopic (exact) mass is 299 g/mol. The molecule has 2 rings (SSSR count). The van der Waals surface area contributed by atoms with Gasteiger partial charge in [0.25, 0.3) is 0 Å². The van der Waals surface area contributed by atoms with Gasteiger partial charge in [0.05, 0.1) is 7.11 Å². The third-order valence-corrected chi connectivity index (χ3v) is 4.51. The number of hydrogen-bond acceptors (Lipinski definition) is 3. The van der Waals surface area contributed by atoms with Gasteiger partial charge in [-0.1, -0.05) is 26.0 Å². The van der Waals surface area contributed by atoms with Crippen molar-refractivity contribution >= 4 is 0 Å². The normalized spacial score (nSPS) is 14.0. The first kappa shape index (κ1) is 16.5. The lowest BCUT2D eigenvalue weighted by atomic mass is 9.75. The highest BCUT2D eigenvalue weighted by atomic mass is 16.5. The number of methoxy groups -OCH3 is 1. The summed E-state index contributed by atoms with van der Waals surface area (Å²) < 4.78 is 5.68. The van der Waals surface area contributed by atoms with Crippen molar-refractivity contribution in [1.29, 1.82) is 0 Å². The number of hydrogen-bond donors (Lipinski definition) is 1. The van der Waals surface area contributed by atoms with E-state index in [1.54, 1.807) is 19.5 Å². The van der Waals surface area contributed by atoms with Crippen LogP contribution in [-0.4, -0.2) is 17.2 Å². The predicted molar refractivity (Wildman–Crippen MR) is 89.3 cm³/mol. The highest BCUT2D eigenvalue weighted by Crippen LogP contribution is 2.44. The lowest BCUT2D eigenvalue weighted by Crippen LogP contribution is -2.35.